The Labute approximate surface area is 144 Å². The minimum absolute atomic E-state index is 0.282. The number of amides is 1. The molecule has 0 aromatic carbocycles. The number of aromatic amines is 1. The molecule has 136 valence electrons. The number of aromatic nitrogens is 5. The van der Waals surface area contributed by atoms with Crippen LogP contribution in [0.2, 0.25) is 0 Å². The molecule has 3 aromatic heterocycles. The van der Waals surface area contributed by atoms with Crippen molar-refractivity contribution in [3.63, 3.8) is 0 Å². The van der Waals surface area contributed by atoms with Crippen molar-refractivity contribution >= 4 is 33.8 Å². The number of rotatable bonds is 3. The van der Waals surface area contributed by atoms with Gasteiger partial charge in [-0.25, -0.2) is 9.97 Å². The molecule has 3 aromatic rings. The third kappa shape index (κ3) is 3.00. The van der Waals surface area contributed by atoms with Crippen LogP contribution in [0.5, 0.6) is 0 Å². The molecule has 26 heavy (non-hydrogen) atoms. The van der Waals surface area contributed by atoms with Gasteiger partial charge in [0.25, 0.3) is 0 Å². The van der Waals surface area contributed by atoms with Gasteiger partial charge in [-0.2, -0.15) is 13.2 Å². The molecular formula is C15H14F3N7O. The molecule has 1 atom stereocenters. The highest BCUT2D eigenvalue weighted by Gasteiger charge is 2.33. The maximum atomic E-state index is 12.3. The van der Waals surface area contributed by atoms with Crippen LogP contribution >= 0.6 is 0 Å². The SMILES string of the molecule is O=C(NCC(F)(F)F)C1CCN(c2ncnc3nnc4[nH]ccc4c23)C1. The van der Waals surface area contributed by atoms with Crippen molar-refractivity contribution in [1.82, 2.24) is 30.5 Å². The quantitative estimate of drug-likeness (QED) is 0.728. The zero-order valence-corrected chi connectivity index (χ0v) is 13.4. The summed E-state index contributed by atoms with van der Waals surface area (Å²) >= 11 is 0. The first kappa shape index (κ1) is 16.5. The standard InChI is InChI=1S/C15H14F3N7O/c16-15(17,18)6-20-14(26)8-2-4-25(5-8)13-10-9-1-3-19-11(9)23-24-12(10)21-7-22-13/h1,3,7-8H,2,4-6H2,(H,19,23)(H,20,26). The molecule has 0 saturated carbocycles. The Morgan fingerprint density at radius 2 is 2.19 bits per heavy atom. The number of nitrogens with one attached hydrogen (secondary N) is 2. The van der Waals surface area contributed by atoms with Crippen LogP contribution in [0.4, 0.5) is 19.0 Å². The fraction of sp³-hybridized carbons (Fsp3) is 0.400. The van der Waals surface area contributed by atoms with Gasteiger partial charge in [-0.1, -0.05) is 0 Å². The van der Waals surface area contributed by atoms with Gasteiger partial charge in [0.05, 0.1) is 11.3 Å². The molecule has 4 rings (SSSR count). The van der Waals surface area contributed by atoms with Crippen LogP contribution in [0, 0.1) is 5.92 Å². The molecule has 1 saturated heterocycles. The minimum atomic E-state index is -4.42. The summed E-state index contributed by atoms with van der Waals surface area (Å²) in [5.41, 5.74) is 1.01. The number of alkyl halides is 3. The Kier molecular flexibility index (Phi) is 3.85. The Morgan fingerprint density at radius 3 is 3.00 bits per heavy atom. The molecule has 1 aliphatic rings. The summed E-state index contributed by atoms with van der Waals surface area (Å²) in [6.07, 6.45) is -0.881. The highest BCUT2D eigenvalue weighted by atomic mass is 19.4. The molecule has 0 aliphatic carbocycles. The van der Waals surface area contributed by atoms with Crippen LogP contribution in [0.25, 0.3) is 22.1 Å². The van der Waals surface area contributed by atoms with E-state index in [0.29, 0.717) is 35.5 Å². The van der Waals surface area contributed by atoms with E-state index in [9.17, 15) is 18.0 Å². The summed E-state index contributed by atoms with van der Waals surface area (Å²) in [6.45, 7) is -0.535. The number of carbonyl (C=O) groups is 1. The lowest BCUT2D eigenvalue weighted by Crippen LogP contribution is -2.38. The van der Waals surface area contributed by atoms with Gasteiger partial charge in [-0.05, 0) is 12.5 Å². The predicted octanol–water partition coefficient (Wildman–Crippen LogP) is 1.41. The molecule has 0 bridgehead atoms. The van der Waals surface area contributed by atoms with Crippen molar-refractivity contribution in [3.05, 3.63) is 18.6 Å². The van der Waals surface area contributed by atoms with E-state index < -0.39 is 24.5 Å². The van der Waals surface area contributed by atoms with Crippen molar-refractivity contribution in [2.24, 2.45) is 5.92 Å². The van der Waals surface area contributed by atoms with E-state index in [0.717, 1.165) is 5.39 Å². The molecule has 1 amide bonds. The van der Waals surface area contributed by atoms with Gasteiger partial charge in [-0.3, -0.25) is 4.79 Å². The topological polar surface area (TPSA) is 99.7 Å². The van der Waals surface area contributed by atoms with E-state index in [2.05, 4.69) is 25.1 Å². The van der Waals surface area contributed by atoms with Gasteiger partial charge >= 0.3 is 6.18 Å². The predicted molar refractivity (Wildman–Crippen MR) is 86.4 cm³/mol. The van der Waals surface area contributed by atoms with E-state index in [1.807, 2.05) is 16.3 Å². The first-order valence-corrected chi connectivity index (χ1v) is 7.96. The Hall–Kier alpha value is -2.98. The number of nitrogens with zero attached hydrogens (tertiary/aromatic N) is 5. The largest absolute Gasteiger partial charge is 0.405 e. The first-order chi connectivity index (χ1) is 12.4. The first-order valence-electron chi connectivity index (χ1n) is 7.96. The lowest BCUT2D eigenvalue weighted by Gasteiger charge is -2.19. The maximum absolute atomic E-state index is 12.3. The fourth-order valence-electron chi connectivity index (χ4n) is 3.16. The average Bonchev–Trinajstić information content (AvgIpc) is 3.27. The average molecular weight is 365 g/mol. The van der Waals surface area contributed by atoms with Crippen LogP contribution in [-0.2, 0) is 4.79 Å². The number of fused-ring (bicyclic) bond motifs is 3. The van der Waals surface area contributed by atoms with Crippen LogP contribution in [0.15, 0.2) is 18.6 Å². The van der Waals surface area contributed by atoms with Crippen LogP contribution in [-0.4, -0.2) is 56.9 Å². The monoisotopic (exact) mass is 365 g/mol. The lowest BCUT2D eigenvalue weighted by atomic mass is 10.1. The molecule has 2 N–H and O–H groups in total. The molecule has 1 aliphatic heterocycles. The molecular weight excluding hydrogens is 351 g/mol. The summed E-state index contributed by atoms with van der Waals surface area (Å²) in [6, 6.07) is 1.84. The number of H-pyrrole nitrogens is 1. The second kappa shape index (κ2) is 6.07. The summed E-state index contributed by atoms with van der Waals surface area (Å²) in [7, 11) is 0. The van der Waals surface area contributed by atoms with Gasteiger partial charge in [0.2, 0.25) is 5.91 Å². The van der Waals surface area contributed by atoms with Gasteiger partial charge in [-0.15, -0.1) is 10.2 Å². The van der Waals surface area contributed by atoms with Crippen molar-refractivity contribution < 1.29 is 18.0 Å². The van der Waals surface area contributed by atoms with Crippen molar-refractivity contribution in [2.75, 3.05) is 24.5 Å². The fourth-order valence-corrected chi connectivity index (χ4v) is 3.16. The highest BCUT2D eigenvalue weighted by Crippen LogP contribution is 2.31. The summed E-state index contributed by atoms with van der Waals surface area (Å²) in [5, 5.41) is 11.6. The Morgan fingerprint density at radius 1 is 1.35 bits per heavy atom. The van der Waals surface area contributed by atoms with E-state index in [1.54, 1.807) is 6.20 Å². The molecule has 8 nitrogen and oxygen atoms in total. The lowest BCUT2D eigenvalue weighted by molar-refractivity contribution is -0.140. The van der Waals surface area contributed by atoms with Crippen molar-refractivity contribution in [2.45, 2.75) is 12.6 Å². The molecule has 0 radical (unpaired) electrons. The smallest absolute Gasteiger partial charge is 0.355 e. The van der Waals surface area contributed by atoms with Crippen LogP contribution in [0.3, 0.4) is 0 Å². The third-order valence-corrected chi connectivity index (χ3v) is 4.37. The minimum Gasteiger partial charge on any atom is -0.355 e. The van der Waals surface area contributed by atoms with Crippen LogP contribution in [0.1, 0.15) is 6.42 Å². The molecule has 1 unspecified atom stereocenters. The van der Waals surface area contributed by atoms with E-state index in [-0.39, 0.29) is 6.54 Å². The number of hydrogen-bond donors (Lipinski definition) is 2. The van der Waals surface area contributed by atoms with Crippen LogP contribution < -0.4 is 10.2 Å². The maximum Gasteiger partial charge on any atom is 0.405 e. The second-order valence-electron chi connectivity index (χ2n) is 6.10. The van der Waals surface area contributed by atoms with Gasteiger partial charge in [0, 0.05) is 24.7 Å². The van der Waals surface area contributed by atoms with Gasteiger partial charge in [0.15, 0.2) is 11.3 Å². The zero-order valence-electron chi connectivity index (χ0n) is 13.4. The van der Waals surface area contributed by atoms with Gasteiger partial charge in [0.1, 0.15) is 18.7 Å². The molecule has 4 heterocycles. The van der Waals surface area contributed by atoms with E-state index in [4.69, 9.17) is 0 Å². The molecule has 0 spiro atoms. The summed E-state index contributed by atoms with van der Waals surface area (Å²) in [5.74, 6) is -0.533. The number of hydrogen-bond acceptors (Lipinski definition) is 6. The normalized spacial score (nSPS) is 18.0. The highest BCUT2D eigenvalue weighted by molar-refractivity contribution is 6.07. The molecule has 1 fully saturated rings. The van der Waals surface area contributed by atoms with E-state index >= 15 is 0 Å². The number of halogens is 3. The zero-order chi connectivity index (χ0) is 18.3. The number of anilines is 1. The van der Waals surface area contributed by atoms with Gasteiger partial charge < -0.3 is 15.2 Å². The van der Waals surface area contributed by atoms with Crippen molar-refractivity contribution in [1.29, 1.82) is 0 Å². The van der Waals surface area contributed by atoms with E-state index in [1.165, 1.54) is 6.33 Å². The summed E-state index contributed by atoms with van der Waals surface area (Å²) < 4.78 is 36.8. The Bertz CT molecular complexity index is 971. The Balaban J connectivity index is 1.59. The molecule has 11 heteroatoms. The third-order valence-electron chi connectivity index (χ3n) is 4.37. The summed E-state index contributed by atoms with van der Waals surface area (Å²) in [4.78, 5) is 25.3. The second-order valence-corrected chi connectivity index (χ2v) is 6.10. The van der Waals surface area contributed by atoms with Crippen molar-refractivity contribution in [3.8, 4) is 0 Å². The number of carbonyl (C=O) groups excluding carboxylic acids is 1.